The Morgan fingerprint density at radius 3 is 1.45 bits per heavy atom. The Bertz CT molecular complexity index is 2750. The summed E-state index contributed by atoms with van der Waals surface area (Å²) in [5.74, 6) is 0. The van der Waals surface area contributed by atoms with E-state index < -0.39 is 0 Å². The third kappa shape index (κ3) is 4.24. The van der Waals surface area contributed by atoms with Gasteiger partial charge in [0.05, 0.1) is 0 Å². The van der Waals surface area contributed by atoms with E-state index in [-0.39, 0.29) is 0 Å². The summed E-state index contributed by atoms with van der Waals surface area (Å²) in [4.78, 5) is 0. The fraction of sp³-hybridized carbons (Fsp3) is 0. The molecule has 0 aliphatic carbocycles. The van der Waals surface area contributed by atoms with Crippen molar-refractivity contribution in [2.24, 2.45) is 0 Å². The highest BCUT2D eigenvalue weighted by Gasteiger charge is 2.19. The molecule has 3 heterocycles. The van der Waals surface area contributed by atoms with Crippen LogP contribution in [0.15, 0.2) is 147 Å². The van der Waals surface area contributed by atoms with E-state index in [0.717, 1.165) is 42.0 Å². The van der Waals surface area contributed by atoms with E-state index >= 15 is 0 Å². The average Bonchev–Trinajstić information content (AvgIpc) is 3.80. The monoisotopic (exact) mass is 764 g/mol. The molecule has 222 valence electrons. The van der Waals surface area contributed by atoms with E-state index in [0.29, 0.717) is 0 Å². The molecule has 0 radical (unpaired) electrons. The van der Waals surface area contributed by atoms with Crippen LogP contribution in [0.1, 0.15) is 0 Å². The number of para-hydroxylation sites is 2. The van der Waals surface area contributed by atoms with Gasteiger partial charge in [-0.3, -0.25) is 0 Å². The van der Waals surface area contributed by atoms with Gasteiger partial charge < -0.3 is 4.42 Å². The first-order valence-electron chi connectivity index (χ1n) is 15.4. The SMILES string of the molecule is Brc1cccc2sc3cccc(-c4cc(-c5cccc6c5oc5ccccc56)cc(-c5cccc6sc7cccc(Br)c7c56)c4)c3c12. The first-order valence-corrected chi connectivity index (χ1v) is 18.6. The van der Waals surface area contributed by atoms with Crippen LogP contribution in [0.2, 0.25) is 0 Å². The van der Waals surface area contributed by atoms with Crippen LogP contribution in [0, 0.1) is 0 Å². The van der Waals surface area contributed by atoms with Crippen LogP contribution in [-0.2, 0) is 0 Å². The maximum Gasteiger partial charge on any atom is 0.143 e. The largest absolute Gasteiger partial charge is 0.455 e. The third-order valence-corrected chi connectivity index (χ3v) is 12.8. The van der Waals surface area contributed by atoms with Crippen LogP contribution in [0.3, 0.4) is 0 Å². The molecule has 3 aromatic heterocycles. The Morgan fingerprint density at radius 1 is 0.404 bits per heavy atom. The molecular weight excluding hydrogens is 744 g/mol. The van der Waals surface area contributed by atoms with Gasteiger partial charge in [-0.2, -0.15) is 0 Å². The summed E-state index contributed by atoms with van der Waals surface area (Å²) < 4.78 is 14.0. The number of halogens is 2. The van der Waals surface area contributed by atoms with Gasteiger partial charge in [0.2, 0.25) is 0 Å². The topological polar surface area (TPSA) is 13.1 Å². The number of fused-ring (bicyclic) bond motifs is 9. The van der Waals surface area contributed by atoms with Gasteiger partial charge in [-0.05, 0) is 88.5 Å². The molecule has 0 fully saturated rings. The summed E-state index contributed by atoms with van der Waals surface area (Å²) in [6.07, 6.45) is 0. The van der Waals surface area contributed by atoms with E-state index in [1.807, 2.05) is 28.7 Å². The van der Waals surface area contributed by atoms with Crippen LogP contribution in [0.25, 0.3) is 95.7 Å². The third-order valence-electron chi connectivity index (χ3n) is 9.21. The highest BCUT2D eigenvalue weighted by atomic mass is 79.9. The minimum Gasteiger partial charge on any atom is -0.455 e. The molecule has 5 heteroatoms. The molecular formula is C42H22Br2OS2. The lowest BCUT2D eigenvalue weighted by Crippen LogP contribution is -1.88. The second kappa shape index (κ2) is 10.6. The lowest BCUT2D eigenvalue weighted by atomic mass is 9.90. The standard InChI is InChI=1S/C42H22Br2OS2/c43-31-13-6-18-36-40(31)38-26(9-4-16-34(38)46-36)23-20-24(27-10-5-17-35-39(27)41-32(44)14-7-19-37(41)47-35)22-25(21-23)28-11-3-12-30-29-8-1-2-15-33(29)45-42(28)30/h1-22H. The summed E-state index contributed by atoms with van der Waals surface area (Å²) in [5, 5.41) is 7.38. The summed E-state index contributed by atoms with van der Waals surface area (Å²) in [7, 11) is 0. The normalized spacial score (nSPS) is 12.0. The van der Waals surface area contributed by atoms with Crippen molar-refractivity contribution in [3.8, 4) is 33.4 Å². The molecule has 0 amide bonds. The van der Waals surface area contributed by atoms with Gasteiger partial charge >= 0.3 is 0 Å². The predicted molar refractivity (Wildman–Crippen MR) is 211 cm³/mol. The van der Waals surface area contributed by atoms with Gasteiger partial charge in [0.15, 0.2) is 0 Å². The van der Waals surface area contributed by atoms with E-state index in [2.05, 4.69) is 159 Å². The van der Waals surface area contributed by atoms with Crippen molar-refractivity contribution in [3.63, 3.8) is 0 Å². The minimum absolute atomic E-state index is 0.907. The number of hydrogen-bond acceptors (Lipinski definition) is 3. The summed E-state index contributed by atoms with van der Waals surface area (Å²) in [6.45, 7) is 0. The van der Waals surface area contributed by atoms with E-state index in [4.69, 9.17) is 4.42 Å². The second-order valence-electron chi connectivity index (χ2n) is 11.9. The van der Waals surface area contributed by atoms with Crippen LogP contribution < -0.4 is 0 Å². The quantitative estimate of drug-likeness (QED) is 0.175. The van der Waals surface area contributed by atoms with Crippen LogP contribution in [-0.4, -0.2) is 0 Å². The average molecular weight is 767 g/mol. The molecule has 0 atom stereocenters. The Hall–Kier alpha value is -4.26. The molecule has 47 heavy (non-hydrogen) atoms. The molecule has 0 N–H and O–H groups in total. The highest BCUT2D eigenvalue weighted by molar-refractivity contribution is 9.11. The van der Waals surface area contributed by atoms with Crippen molar-refractivity contribution >= 4 is 117 Å². The Kier molecular flexibility index (Phi) is 6.29. The van der Waals surface area contributed by atoms with Crippen LogP contribution in [0.4, 0.5) is 0 Å². The van der Waals surface area contributed by atoms with E-state index in [1.165, 1.54) is 62.6 Å². The Balaban J connectivity index is 1.33. The number of rotatable bonds is 3. The number of benzene rings is 7. The van der Waals surface area contributed by atoms with E-state index in [9.17, 15) is 0 Å². The van der Waals surface area contributed by atoms with Gasteiger partial charge in [-0.15, -0.1) is 22.7 Å². The Morgan fingerprint density at radius 2 is 0.851 bits per heavy atom. The van der Waals surface area contributed by atoms with Crippen molar-refractivity contribution in [3.05, 3.63) is 142 Å². The highest BCUT2D eigenvalue weighted by Crippen LogP contribution is 2.47. The van der Waals surface area contributed by atoms with Crippen molar-refractivity contribution in [1.82, 2.24) is 0 Å². The zero-order valence-corrected chi connectivity index (χ0v) is 29.5. The number of hydrogen-bond donors (Lipinski definition) is 0. The molecule has 7 aromatic carbocycles. The Labute approximate surface area is 295 Å². The molecule has 0 bridgehead atoms. The predicted octanol–water partition coefficient (Wildman–Crippen LogP) is 14.8. The molecule has 0 saturated heterocycles. The lowest BCUT2D eigenvalue weighted by Gasteiger charge is -2.14. The van der Waals surface area contributed by atoms with Crippen molar-refractivity contribution in [1.29, 1.82) is 0 Å². The van der Waals surface area contributed by atoms with Crippen LogP contribution >= 0.6 is 54.5 Å². The first kappa shape index (κ1) is 27.8. The molecule has 0 unspecified atom stereocenters. The summed E-state index contributed by atoms with van der Waals surface area (Å²) >= 11 is 11.5. The molecule has 0 saturated carbocycles. The number of furan rings is 1. The van der Waals surface area contributed by atoms with Crippen molar-refractivity contribution in [2.75, 3.05) is 0 Å². The summed E-state index contributed by atoms with van der Waals surface area (Å²) in [5.41, 5.74) is 8.87. The second-order valence-corrected chi connectivity index (χ2v) is 15.7. The van der Waals surface area contributed by atoms with Gasteiger partial charge in [-0.1, -0.05) is 105 Å². The van der Waals surface area contributed by atoms with E-state index in [1.54, 1.807) is 0 Å². The lowest BCUT2D eigenvalue weighted by molar-refractivity contribution is 0.670. The zero-order valence-electron chi connectivity index (χ0n) is 24.7. The van der Waals surface area contributed by atoms with Gasteiger partial charge in [0, 0.05) is 65.6 Å². The fourth-order valence-electron chi connectivity index (χ4n) is 7.20. The first-order chi connectivity index (χ1) is 23.1. The van der Waals surface area contributed by atoms with Crippen molar-refractivity contribution in [2.45, 2.75) is 0 Å². The number of thiophene rings is 2. The maximum absolute atomic E-state index is 6.58. The molecule has 0 aliphatic heterocycles. The van der Waals surface area contributed by atoms with Gasteiger partial charge in [-0.25, -0.2) is 0 Å². The maximum atomic E-state index is 6.58. The molecule has 10 rings (SSSR count). The molecule has 0 spiro atoms. The van der Waals surface area contributed by atoms with Crippen LogP contribution in [0.5, 0.6) is 0 Å². The smallest absolute Gasteiger partial charge is 0.143 e. The molecule has 1 nitrogen and oxygen atoms in total. The van der Waals surface area contributed by atoms with Gasteiger partial charge in [0.1, 0.15) is 11.2 Å². The molecule has 0 aliphatic rings. The minimum atomic E-state index is 0.907. The van der Waals surface area contributed by atoms with Gasteiger partial charge in [0.25, 0.3) is 0 Å². The summed E-state index contributed by atoms with van der Waals surface area (Å²) in [6, 6.07) is 48.3. The molecule has 10 aromatic rings. The van der Waals surface area contributed by atoms with Crippen molar-refractivity contribution < 1.29 is 4.42 Å². The fourth-order valence-corrected chi connectivity index (χ4v) is 10.9. The zero-order chi connectivity index (χ0) is 31.2.